The van der Waals surface area contributed by atoms with E-state index >= 15 is 0 Å². The molecule has 0 aliphatic carbocycles. The lowest BCUT2D eigenvalue weighted by atomic mass is 9.99. The summed E-state index contributed by atoms with van der Waals surface area (Å²) in [6.45, 7) is 4.53. The van der Waals surface area contributed by atoms with Crippen molar-refractivity contribution in [2.75, 3.05) is 11.9 Å². The maximum Gasteiger partial charge on any atom is 0.515 e. The summed E-state index contributed by atoms with van der Waals surface area (Å²) in [6.07, 6.45) is 2.83. The number of hydrogen-bond donors (Lipinski definition) is 1. The number of carbonyl (C=O) groups is 2. The van der Waals surface area contributed by atoms with E-state index in [-0.39, 0.29) is 5.91 Å². The third-order valence-corrected chi connectivity index (χ3v) is 4.74. The zero-order valence-electron chi connectivity index (χ0n) is 18.6. The van der Waals surface area contributed by atoms with Crippen LogP contribution in [0.4, 0.5) is 5.82 Å². The molecule has 0 saturated heterocycles. The molecule has 1 heterocycles. The Morgan fingerprint density at radius 3 is 2.59 bits per heavy atom. The number of esters is 1. The van der Waals surface area contributed by atoms with Crippen molar-refractivity contribution >= 4 is 17.7 Å². The minimum Gasteiger partial charge on any atom is -0.462 e. The number of benzene rings is 2. The normalized spacial score (nSPS) is 10.2. The van der Waals surface area contributed by atoms with Gasteiger partial charge in [-0.15, -0.1) is 0 Å². The average Bonchev–Trinajstić information content (AvgIpc) is 3.18. The lowest BCUT2D eigenvalue weighted by molar-refractivity contribution is -0.114. The second-order valence-electron chi connectivity index (χ2n) is 7.25. The number of amides is 1. The number of carbonyl (C=O) groups excluding carboxylic acids is 2. The van der Waals surface area contributed by atoms with Gasteiger partial charge in [-0.25, -0.2) is 9.59 Å². The summed E-state index contributed by atoms with van der Waals surface area (Å²) in [4.78, 5) is 27.8. The molecule has 0 bridgehead atoms. The summed E-state index contributed by atoms with van der Waals surface area (Å²) in [5.41, 5.74) is 4.17. The lowest BCUT2D eigenvalue weighted by Crippen LogP contribution is -2.08. The van der Waals surface area contributed by atoms with Gasteiger partial charge in [-0.2, -0.15) is 5.10 Å². The van der Waals surface area contributed by atoms with Crippen LogP contribution in [0, 0.1) is 6.07 Å². The van der Waals surface area contributed by atoms with E-state index in [1.165, 1.54) is 0 Å². The van der Waals surface area contributed by atoms with Crippen molar-refractivity contribution in [3.8, 4) is 17.2 Å². The number of rotatable bonds is 8. The van der Waals surface area contributed by atoms with E-state index in [2.05, 4.69) is 21.3 Å². The molecule has 0 fully saturated rings. The Morgan fingerprint density at radius 2 is 1.88 bits per heavy atom. The molecule has 1 aromatic heterocycles. The fraction of sp³-hybridized carbons (Fsp3) is 0.280. The monoisotopic (exact) mass is 431 g/mol. The molecule has 3 aromatic rings. The number of nitrogens with one attached hydrogen (secondary N) is 1. The van der Waals surface area contributed by atoms with E-state index in [0.29, 0.717) is 31.0 Å². The van der Waals surface area contributed by atoms with Crippen molar-refractivity contribution in [2.24, 2.45) is 7.05 Å². The molecule has 0 saturated carbocycles. The number of hydrogen-bond acceptors (Lipinski definition) is 5. The van der Waals surface area contributed by atoms with Gasteiger partial charge in [-0.3, -0.25) is 4.68 Å². The van der Waals surface area contributed by atoms with Gasteiger partial charge < -0.3 is 10.1 Å². The second kappa shape index (κ2) is 10.9. The minimum atomic E-state index is -0.398. The highest BCUT2D eigenvalue weighted by Gasteiger charge is 2.16. The van der Waals surface area contributed by atoms with E-state index in [1.54, 1.807) is 24.9 Å². The summed E-state index contributed by atoms with van der Waals surface area (Å²) < 4.78 is 6.67. The van der Waals surface area contributed by atoms with Gasteiger partial charge in [-0.1, -0.05) is 49.4 Å². The van der Waals surface area contributed by atoms with Gasteiger partial charge in [-0.05, 0) is 30.5 Å². The van der Waals surface area contributed by atoms with Crippen LogP contribution in [0.25, 0.3) is 16.0 Å². The van der Waals surface area contributed by atoms with Crippen LogP contribution in [0.15, 0.2) is 54.7 Å². The average molecular weight is 432 g/mol. The first-order valence-electron chi connectivity index (χ1n) is 10.6. The molecule has 0 aliphatic heterocycles. The highest BCUT2D eigenvalue weighted by molar-refractivity contribution is 5.94. The van der Waals surface area contributed by atoms with E-state index < -0.39 is 5.97 Å². The summed E-state index contributed by atoms with van der Waals surface area (Å²) in [5.74, 6) is -0.0752. The summed E-state index contributed by atoms with van der Waals surface area (Å²) in [6, 6.07) is 18.6. The Bertz CT molecular complexity index is 1150. The van der Waals surface area contributed by atoms with Gasteiger partial charge in [0.2, 0.25) is 0 Å². The largest absolute Gasteiger partial charge is 0.515 e. The van der Waals surface area contributed by atoms with Gasteiger partial charge in [0.15, 0.2) is 5.82 Å². The lowest BCUT2D eigenvalue weighted by Gasteiger charge is -2.08. The Balaban J connectivity index is 1.73. The van der Waals surface area contributed by atoms with Gasteiger partial charge in [0.25, 0.3) is 0 Å². The fourth-order valence-corrected chi connectivity index (χ4v) is 3.19. The van der Waals surface area contributed by atoms with E-state index in [0.717, 1.165) is 28.7 Å². The van der Waals surface area contributed by atoms with Crippen LogP contribution >= 0.6 is 0 Å². The molecular formula is C25H27N4O3+. The first-order chi connectivity index (χ1) is 15.5. The molecule has 1 N–H and O–H groups in total. The third-order valence-electron chi connectivity index (χ3n) is 4.74. The fourth-order valence-electron chi connectivity index (χ4n) is 3.19. The van der Waals surface area contributed by atoms with Crippen molar-refractivity contribution in [3.63, 3.8) is 0 Å². The Kier molecular flexibility index (Phi) is 7.76. The molecule has 0 atom stereocenters. The molecule has 0 unspecified atom stereocenters. The smallest absolute Gasteiger partial charge is 0.462 e. The SMILES string of the molecule is CCCC(=O)[N+]#Cc1ccccc1-c1ccc(CNc2nn(C)cc2C(=O)OCC)cc1. The second-order valence-corrected chi connectivity index (χ2v) is 7.25. The van der Waals surface area contributed by atoms with E-state index in [4.69, 9.17) is 4.74 Å². The highest BCUT2D eigenvalue weighted by Crippen LogP contribution is 2.24. The summed E-state index contributed by atoms with van der Waals surface area (Å²) >= 11 is 0. The van der Waals surface area contributed by atoms with Crippen LogP contribution in [-0.4, -0.2) is 28.3 Å². The number of aryl methyl sites for hydroxylation is 1. The molecule has 0 aliphatic rings. The van der Waals surface area contributed by atoms with E-state index in [1.807, 2.05) is 55.5 Å². The molecule has 164 valence electrons. The van der Waals surface area contributed by atoms with Crippen LogP contribution in [0.5, 0.6) is 0 Å². The molecule has 0 radical (unpaired) electrons. The van der Waals surface area contributed by atoms with E-state index in [9.17, 15) is 9.59 Å². The highest BCUT2D eigenvalue weighted by atomic mass is 16.5. The van der Waals surface area contributed by atoms with Gasteiger partial charge in [0.05, 0.1) is 13.0 Å². The molecule has 7 nitrogen and oxygen atoms in total. The summed E-state index contributed by atoms with van der Waals surface area (Å²) in [5, 5.41) is 7.52. The van der Waals surface area contributed by atoms with Gasteiger partial charge in [0, 0.05) is 30.2 Å². The van der Waals surface area contributed by atoms with Crippen LogP contribution in [0.1, 0.15) is 48.2 Å². The van der Waals surface area contributed by atoms with Crippen molar-refractivity contribution in [3.05, 3.63) is 76.3 Å². The standard InChI is InChI=1S/C25H27N4O3/c1-4-8-23(30)26-16-20-9-6-7-10-21(20)19-13-11-18(12-14-19)15-27-24-22(17-29(3)28-24)25(31)32-5-2/h6-7,9-14,17H,4-5,8,15H2,1-3H3,(H,27,28)/q+1. The number of anilines is 1. The Morgan fingerprint density at radius 1 is 1.12 bits per heavy atom. The Hall–Kier alpha value is -3.92. The van der Waals surface area contributed by atoms with Crippen LogP contribution in [-0.2, 0) is 23.1 Å². The molecule has 0 spiro atoms. The molecule has 7 heteroatoms. The topological polar surface area (TPSA) is 77.6 Å². The van der Waals surface area contributed by atoms with Crippen molar-refractivity contribution < 1.29 is 14.3 Å². The van der Waals surface area contributed by atoms with Crippen molar-refractivity contribution in [1.82, 2.24) is 9.78 Å². The number of aromatic nitrogens is 2. The quantitative estimate of drug-likeness (QED) is 0.514. The van der Waals surface area contributed by atoms with Gasteiger partial charge >= 0.3 is 17.9 Å². The molecule has 32 heavy (non-hydrogen) atoms. The Labute approximate surface area is 187 Å². The van der Waals surface area contributed by atoms with Crippen molar-refractivity contribution in [2.45, 2.75) is 33.2 Å². The minimum absolute atomic E-state index is 0.166. The molecule has 1 amide bonds. The van der Waals surface area contributed by atoms with Crippen LogP contribution in [0.3, 0.4) is 0 Å². The molecular weight excluding hydrogens is 404 g/mol. The number of ether oxygens (including phenoxy) is 1. The summed E-state index contributed by atoms with van der Waals surface area (Å²) in [7, 11) is 1.76. The van der Waals surface area contributed by atoms with Gasteiger partial charge in [0.1, 0.15) is 11.1 Å². The van der Waals surface area contributed by atoms with Crippen LogP contribution < -0.4 is 5.32 Å². The van der Waals surface area contributed by atoms with Crippen molar-refractivity contribution in [1.29, 1.82) is 0 Å². The predicted octanol–water partition coefficient (Wildman–Crippen LogP) is 4.88. The first kappa shape index (κ1) is 22.8. The zero-order valence-corrected chi connectivity index (χ0v) is 18.6. The molecule has 3 rings (SSSR count). The first-order valence-corrected chi connectivity index (χ1v) is 10.6. The zero-order chi connectivity index (χ0) is 22.9. The third kappa shape index (κ3) is 5.82. The number of nitrogens with zero attached hydrogens (tertiary/aromatic N) is 3. The maximum absolute atomic E-state index is 12.1. The van der Waals surface area contributed by atoms with Crippen LogP contribution in [0.2, 0.25) is 0 Å². The maximum atomic E-state index is 12.1. The molecule has 2 aromatic carbocycles. The predicted molar refractivity (Wildman–Crippen MR) is 125 cm³/mol.